The second-order valence-corrected chi connectivity index (χ2v) is 3.01. The van der Waals surface area contributed by atoms with Crippen LogP contribution in [0.5, 0.6) is 5.88 Å². The average molecular weight is 229 g/mol. The second-order valence-electron chi connectivity index (χ2n) is 3.01. The van der Waals surface area contributed by atoms with Gasteiger partial charge in [-0.05, 0) is 12.1 Å². The van der Waals surface area contributed by atoms with E-state index in [0.29, 0.717) is 0 Å². The van der Waals surface area contributed by atoms with Crippen LogP contribution in [-0.4, -0.2) is 20.1 Å². The first-order valence-corrected chi connectivity index (χ1v) is 4.25. The maximum atomic E-state index is 12.3. The van der Waals surface area contributed by atoms with Crippen LogP contribution in [0.15, 0.2) is 24.5 Å². The fraction of sp³-hybridized carbons (Fsp3) is 0.111. The summed E-state index contributed by atoms with van der Waals surface area (Å²) in [4.78, 5) is 9.21. The Labute approximate surface area is 87.8 Å². The normalized spacial score (nSPS) is 11.7. The third kappa shape index (κ3) is 1.83. The topological polar surface area (TPSA) is 61.8 Å². The monoisotopic (exact) mass is 229 g/mol. The molecule has 0 aliphatic rings. The van der Waals surface area contributed by atoms with E-state index in [9.17, 15) is 18.3 Å². The summed E-state index contributed by atoms with van der Waals surface area (Å²) in [6.07, 6.45) is -2.44. The molecule has 0 spiro atoms. The molecule has 0 saturated heterocycles. The van der Waals surface area contributed by atoms with Crippen molar-refractivity contribution in [2.45, 2.75) is 6.18 Å². The molecule has 2 aromatic rings. The molecule has 7 heteroatoms. The molecule has 0 fully saturated rings. The lowest BCUT2D eigenvalue weighted by molar-refractivity contribution is -0.140. The molecule has 0 aromatic carbocycles. The highest BCUT2D eigenvalue weighted by Gasteiger charge is 2.34. The fourth-order valence-electron chi connectivity index (χ4n) is 1.19. The zero-order valence-corrected chi connectivity index (χ0v) is 7.78. The summed E-state index contributed by atoms with van der Waals surface area (Å²) < 4.78 is 36.8. The summed E-state index contributed by atoms with van der Waals surface area (Å²) in [5, 5.41) is 9.32. The van der Waals surface area contributed by atoms with Crippen molar-refractivity contribution in [3.05, 3.63) is 30.2 Å². The molecule has 4 nitrogen and oxygen atoms in total. The number of pyridine rings is 1. The number of aromatic amines is 1. The Morgan fingerprint density at radius 3 is 2.62 bits per heavy atom. The molecular formula is C9H6F3N3O. The fourth-order valence-corrected chi connectivity index (χ4v) is 1.19. The van der Waals surface area contributed by atoms with Crippen LogP contribution in [0, 0.1) is 0 Å². The van der Waals surface area contributed by atoms with Gasteiger partial charge in [0, 0.05) is 12.4 Å². The van der Waals surface area contributed by atoms with E-state index in [1.165, 1.54) is 18.3 Å². The van der Waals surface area contributed by atoms with Gasteiger partial charge in [-0.2, -0.15) is 13.2 Å². The number of hydrogen-bond acceptors (Lipinski definition) is 3. The van der Waals surface area contributed by atoms with Crippen molar-refractivity contribution in [2.75, 3.05) is 0 Å². The Kier molecular flexibility index (Phi) is 2.30. The van der Waals surface area contributed by atoms with E-state index in [0.717, 1.165) is 6.20 Å². The number of alkyl halides is 3. The number of halogens is 3. The van der Waals surface area contributed by atoms with E-state index < -0.39 is 11.9 Å². The smallest absolute Gasteiger partial charge is 0.434 e. The summed E-state index contributed by atoms with van der Waals surface area (Å²) >= 11 is 0. The zero-order valence-electron chi connectivity index (χ0n) is 7.78. The average Bonchev–Trinajstić information content (AvgIpc) is 2.66. The third-order valence-electron chi connectivity index (χ3n) is 1.91. The Balaban J connectivity index is 2.44. The number of imidazole rings is 1. The first kappa shape index (κ1) is 10.5. The molecule has 2 aromatic heterocycles. The van der Waals surface area contributed by atoms with Crippen LogP contribution >= 0.6 is 0 Å². The number of nitrogens with one attached hydrogen (secondary N) is 1. The minimum atomic E-state index is -4.51. The van der Waals surface area contributed by atoms with Crippen LogP contribution in [0.3, 0.4) is 0 Å². The Hall–Kier alpha value is -2.05. The number of rotatable bonds is 1. The molecule has 0 unspecified atom stereocenters. The van der Waals surface area contributed by atoms with Crippen molar-refractivity contribution in [3.63, 3.8) is 0 Å². The number of H-pyrrole nitrogens is 1. The standard InChI is InChI=1S/C9H6F3N3O/c10-9(11,12)6-4-14-7(15-6)5-2-1-3-13-8(5)16/h1-4H,(H,13,16)(H,14,15). The molecule has 0 saturated carbocycles. The Morgan fingerprint density at radius 2 is 2.06 bits per heavy atom. The molecule has 0 atom stereocenters. The summed E-state index contributed by atoms with van der Waals surface area (Å²) in [5.74, 6) is -0.441. The molecule has 2 rings (SSSR count). The second kappa shape index (κ2) is 3.51. The van der Waals surface area contributed by atoms with E-state index in [1.807, 2.05) is 0 Å². The van der Waals surface area contributed by atoms with Gasteiger partial charge in [-0.1, -0.05) is 0 Å². The molecule has 0 aliphatic carbocycles. The Morgan fingerprint density at radius 1 is 1.31 bits per heavy atom. The van der Waals surface area contributed by atoms with Crippen LogP contribution in [0.1, 0.15) is 5.69 Å². The van der Waals surface area contributed by atoms with Gasteiger partial charge in [0.25, 0.3) is 0 Å². The van der Waals surface area contributed by atoms with E-state index in [-0.39, 0.29) is 17.3 Å². The van der Waals surface area contributed by atoms with E-state index >= 15 is 0 Å². The SMILES string of the molecule is Oc1ncccc1-c1nc(C(F)(F)F)c[nH]1. The van der Waals surface area contributed by atoms with Gasteiger partial charge in [0.05, 0.1) is 5.56 Å². The van der Waals surface area contributed by atoms with Crippen LogP contribution in [-0.2, 0) is 6.18 Å². The molecule has 0 aliphatic heterocycles. The molecule has 0 radical (unpaired) electrons. The molecule has 0 amide bonds. The predicted octanol–water partition coefficient (Wildman–Crippen LogP) is 2.20. The summed E-state index contributed by atoms with van der Waals surface area (Å²) in [6.45, 7) is 0. The van der Waals surface area contributed by atoms with Crippen molar-refractivity contribution < 1.29 is 18.3 Å². The summed E-state index contributed by atoms with van der Waals surface area (Å²) in [5.41, 5.74) is -0.913. The molecule has 16 heavy (non-hydrogen) atoms. The number of hydrogen-bond donors (Lipinski definition) is 2. The zero-order chi connectivity index (χ0) is 11.8. The molecule has 2 N–H and O–H groups in total. The van der Waals surface area contributed by atoms with Crippen molar-refractivity contribution in [1.82, 2.24) is 15.0 Å². The van der Waals surface area contributed by atoms with Crippen LogP contribution in [0.4, 0.5) is 13.2 Å². The van der Waals surface area contributed by atoms with Crippen LogP contribution in [0.2, 0.25) is 0 Å². The molecule has 84 valence electrons. The number of nitrogens with zero attached hydrogens (tertiary/aromatic N) is 2. The van der Waals surface area contributed by atoms with Crippen molar-refractivity contribution in [1.29, 1.82) is 0 Å². The minimum Gasteiger partial charge on any atom is -0.493 e. The number of aromatic hydroxyl groups is 1. The highest BCUT2D eigenvalue weighted by molar-refractivity contribution is 5.60. The lowest BCUT2D eigenvalue weighted by atomic mass is 10.2. The maximum Gasteiger partial charge on any atom is 0.434 e. The van der Waals surface area contributed by atoms with Gasteiger partial charge < -0.3 is 10.1 Å². The van der Waals surface area contributed by atoms with Crippen LogP contribution < -0.4 is 0 Å². The number of aromatic nitrogens is 3. The van der Waals surface area contributed by atoms with Gasteiger partial charge in [-0.15, -0.1) is 0 Å². The summed E-state index contributed by atoms with van der Waals surface area (Å²) in [6, 6.07) is 2.91. The highest BCUT2D eigenvalue weighted by atomic mass is 19.4. The predicted molar refractivity (Wildman–Crippen MR) is 48.5 cm³/mol. The third-order valence-corrected chi connectivity index (χ3v) is 1.91. The Bertz CT molecular complexity index is 507. The van der Waals surface area contributed by atoms with Gasteiger partial charge in [0.15, 0.2) is 5.69 Å². The van der Waals surface area contributed by atoms with Crippen molar-refractivity contribution >= 4 is 0 Å². The van der Waals surface area contributed by atoms with Crippen LogP contribution in [0.25, 0.3) is 11.4 Å². The van der Waals surface area contributed by atoms with E-state index in [1.54, 1.807) is 0 Å². The van der Waals surface area contributed by atoms with Gasteiger partial charge in [-0.25, -0.2) is 9.97 Å². The lowest BCUT2D eigenvalue weighted by Gasteiger charge is -2.00. The molecule has 2 heterocycles. The van der Waals surface area contributed by atoms with Crippen molar-refractivity contribution in [2.24, 2.45) is 0 Å². The van der Waals surface area contributed by atoms with E-state index in [4.69, 9.17) is 0 Å². The largest absolute Gasteiger partial charge is 0.493 e. The first-order chi connectivity index (χ1) is 7.48. The van der Waals surface area contributed by atoms with E-state index in [2.05, 4.69) is 15.0 Å². The minimum absolute atomic E-state index is 0.0714. The quantitative estimate of drug-likeness (QED) is 0.787. The maximum absolute atomic E-state index is 12.3. The molecular weight excluding hydrogens is 223 g/mol. The van der Waals surface area contributed by atoms with Gasteiger partial charge in [0.1, 0.15) is 5.82 Å². The highest BCUT2D eigenvalue weighted by Crippen LogP contribution is 2.30. The summed E-state index contributed by atoms with van der Waals surface area (Å²) in [7, 11) is 0. The van der Waals surface area contributed by atoms with Gasteiger partial charge >= 0.3 is 6.18 Å². The van der Waals surface area contributed by atoms with Gasteiger partial charge in [0.2, 0.25) is 5.88 Å². The lowest BCUT2D eigenvalue weighted by Crippen LogP contribution is -2.04. The first-order valence-electron chi connectivity index (χ1n) is 4.25. The van der Waals surface area contributed by atoms with Crippen molar-refractivity contribution in [3.8, 4) is 17.3 Å². The van der Waals surface area contributed by atoms with Gasteiger partial charge in [-0.3, -0.25) is 0 Å². The molecule has 0 bridgehead atoms.